The van der Waals surface area contributed by atoms with Gasteiger partial charge in [-0.2, -0.15) is 5.26 Å². The van der Waals surface area contributed by atoms with Crippen LogP contribution in [0.5, 0.6) is 5.75 Å². The van der Waals surface area contributed by atoms with Crippen molar-refractivity contribution in [3.8, 4) is 11.8 Å². The Labute approximate surface area is 116 Å². The molecule has 4 heteroatoms. The van der Waals surface area contributed by atoms with E-state index >= 15 is 0 Å². The van der Waals surface area contributed by atoms with Gasteiger partial charge in [-0.05, 0) is 29.8 Å². The average molecular weight is 261 g/mol. The predicted molar refractivity (Wildman–Crippen MR) is 78.6 cm³/mol. The van der Waals surface area contributed by atoms with Crippen molar-refractivity contribution in [2.75, 3.05) is 0 Å². The minimum absolute atomic E-state index is 0.0773. The molecule has 3 rings (SSSR count). The molecule has 1 aromatic rings. The molecule has 0 fully saturated rings. The Morgan fingerprint density at radius 1 is 1.25 bits per heavy atom. The molecule has 0 saturated heterocycles. The van der Waals surface area contributed by atoms with Crippen molar-refractivity contribution in [3.05, 3.63) is 59.7 Å². The van der Waals surface area contributed by atoms with Crippen molar-refractivity contribution in [1.29, 1.82) is 5.26 Å². The van der Waals surface area contributed by atoms with Crippen LogP contribution in [0.4, 0.5) is 0 Å². The zero-order valence-electron chi connectivity index (χ0n) is 10.6. The molecule has 0 radical (unpaired) electrons. The van der Waals surface area contributed by atoms with Gasteiger partial charge in [0, 0.05) is 0 Å². The van der Waals surface area contributed by atoms with E-state index in [1.807, 2.05) is 24.3 Å². The van der Waals surface area contributed by atoms with Gasteiger partial charge in [-0.1, -0.05) is 30.4 Å². The molecule has 0 spiro atoms. The number of phenolic OH excluding ortho intramolecular Hbond substituents is 1. The topological polar surface area (TPSA) is 68.7 Å². The van der Waals surface area contributed by atoms with Gasteiger partial charge in [-0.25, -0.2) is 4.99 Å². The van der Waals surface area contributed by atoms with Crippen molar-refractivity contribution in [2.24, 2.45) is 9.98 Å². The van der Waals surface area contributed by atoms with Gasteiger partial charge in [0.1, 0.15) is 17.9 Å². The van der Waals surface area contributed by atoms with Gasteiger partial charge >= 0.3 is 0 Å². The van der Waals surface area contributed by atoms with Crippen molar-refractivity contribution >= 4 is 17.6 Å². The summed E-state index contributed by atoms with van der Waals surface area (Å²) in [7, 11) is 0. The lowest BCUT2D eigenvalue weighted by Crippen LogP contribution is -2.11. The third-order valence-electron chi connectivity index (χ3n) is 3.04. The Kier molecular flexibility index (Phi) is 3.02. The normalized spacial score (nSPS) is 20.1. The lowest BCUT2D eigenvalue weighted by atomic mass is 10.1. The van der Waals surface area contributed by atoms with Gasteiger partial charge in [0.15, 0.2) is 5.84 Å². The molecular formula is C16H11N3O. The fourth-order valence-corrected chi connectivity index (χ4v) is 2.03. The number of rotatable bonds is 2. The molecule has 1 aromatic carbocycles. The first kappa shape index (κ1) is 12.1. The SMILES string of the molecule is N#C/C(=C\c1ccc(O)cc1)C1=NC2C=CC=CC2=N1. The fourth-order valence-electron chi connectivity index (χ4n) is 2.03. The summed E-state index contributed by atoms with van der Waals surface area (Å²) in [6, 6.07) is 8.68. The highest BCUT2D eigenvalue weighted by atomic mass is 16.3. The lowest BCUT2D eigenvalue weighted by Gasteiger charge is -2.02. The number of nitriles is 1. The van der Waals surface area contributed by atoms with Crippen LogP contribution >= 0.6 is 0 Å². The Balaban J connectivity index is 1.94. The Hall–Kier alpha value is -2.93. The van der Waals surface area contributed by atoms with E-state index < -0.39 is 0 Å². The zero-order chi connectivity index (χ0) is 13.9. The van der Waals surface area contributed by atoms with E-state index in [0.29, 0.717) is 11.4 Å². The molecule has 96 valence electrons. The number of fused-ring (bicyclic) bond motifs is 1. The van der Waals surface area contributed by atoms with Crippen LogP contribution in [0.1, 0.15) is 5.56 Å². The number of nitrogens with zero attached hydrogens (tertiary/aromatic N) is 3. The van der Waals surface area contributed by atoms with Gasteiger partial charge in [0.2, 0.25) is 0 Å². The molecule has 0 bridgehead atoms. The van der Waals surface area contributed by atoms with Crippen LogP contribution in [-0.2, 0) is 0 Å². The minimum Gasteiger partial charge on any atom is -0.508 e. The first-order chi connectivity index (χ1) is 9.76. The number of hydrogen-bond donors (Lipinski definition) is 1. The van der Waals surface area contributed by atoms with Crippen molar-refractivity contribution in [1.82, 2.24) is 0 Å². The third kappa shape index (κ3) is 2.29. The standard InChI is InChI=1S/C16H11N3O/c17-10-12(9-11-5-7-13(20)8-6-11)16-18-14-3-1-2-4-15(14)19-16/h1-9,14,20H/b12-9+. The maximum Gasteiger partial charge on any atom is 0.166 e. The van der Waals surface area contributed by atoms with Crippen LogP contribution in [0.3, 0.4) is 0 Å². The highest BCUT2D eigenvalue weighted by Gasteiger charge is 2.21. The molecule has 1 heterocycles. The second-order valence-electron chi connectivity index (χ2n) is 4.44. The predicted octanol–water partition coefficient (Wildman–Crippen LogP) is 2.65. The summed E-state index contributed by atoms with van der Waals surface area (Å²) >= 11 is 0. The molecule has 1 atom stereocenters. The largest absolute Gasteiger partial charge is 0.508 e. The van der Waals surface area contributed by atoms with Gasteiger partial charge in [-0.15, -0.1) is 0 Å². The number of amidine groups is 1. The van der Waals surface area contributed by atoms with E-state index in [-0.39, 0.29) is 11.8 Å². The van der Waals surface area contributed by atoms with Crippen molar-refractivity contribution in [3.63, 3.8) is 0 Å². The van der Waals surface area contributed by atoms with E-state index in [9.17, 15) is 10.4 Å². The second-order valence-corrected chi connectivity index (χ2v) is 4.44. The van der Waals surface area contributed by atoms with Gasteiger partial charge in [0.05, 0.1) is 11.3 Å². The maximum absolute atomic E-state index is 9.28. The van der Waals surface area contributed by atoms with E-state index in [1.54, 1.807) is 30.3 Å². The fraction of sp³-hybridized carbons (Fsp3) is 0.0625. The molecule has 1 unspecified atom stereocenters. The zero-order valence-corrected chi connectivity index (χ0v) is 10.6. The molecule has 1 N–H and O–H groups in total. The lowest BCUT2D eigenvalue weighted by molar-refractivity contribution is 0.475. The van der Waals surface area contributed by atoms with Crippen LogP contribution < -0.4 is 0 Å². The summed E-state index contributed by atoms with van der Waals surface area (Å²) in [5.41, 5.74) is 2.09. The Bertz CT molecular complexity index is 728. The van der Waals surface area contributed by atoms with Gasteiger partial charge in [-0.3, -0.25) is 4.99 Å². The molecule has 20 heavy (non-hydrogen) atoms. The summed E-state index contributed by atoms with van der Waals surface area (Å²) < 4.78 is 0. The molecular weight excluding hydrogens is 250 g/mol. The molecule has 0 amide bonds. The van der Waals surface area contributed by atoms with Crippen molar-refractivity contribution < 1.29 is 5.11 Å². The quantitative estimate of drug-likeness (QED) is 0.831. The molecule has 0 aromatic heterocycles. The van der Waals surface area contributed by atoms with E-state index in [2.05, 4.69) is 16.1 Å². The number of allylic oxidation sites excluding steroid dienone is 2. The number of benzene rings is 1. The molecule has 1 aliphatic heterocycles. The molecule has 0 saturated carbocycles. The van der Waals surface area contributed by atoms with E-state index in [0.717, 1.165) is 11.3 Å². The number of aromatic hydroxyl groups is 1. The smallest absolute Gasteiger partial charge is 0.166 e. The Morgan fingerprint density at radius 2 is 2.05 bits per heavy atom. The second kappa shape index (κ2) is 4.98. The average Bonchev–Trinajstić information content (AvgIpc) is 2.90. The number of aliphatic imine (C=N–C) groups is 2. The highest BCUT2D eigenvalue weighted by molar-refractivity contribution is 6.20. The first-order valence-electron chi connectivity index (χ1n) is 6.19. The summed E-state index contributed by atoms with van der Waals surface area (Å²) in [4.78, 5) is 8.81. The molecule has 4 nitrogen and oxygen atoms in total. The monoisotopic (exact) mass is 261 g/mol. The van der Waals surface area contributed by atoms with Crippen molar-refractivity contribution in [2.45, 2.75) is 6.04 Å². The van der Waals surface area contributed by atoms with Crippen LogP contribution in [0, 0.1) is 11.3 Å². The maximum atomic E-state index is 9.28. The van der Waals surface area contributed by atoms with Crippen LogP contribution in [-0.4, -0.2) is 22.7 Å². The Morgan fingerprint density at radius 3 is 2.75 bits per heavy atom. The summed E-state index contributed by atoms with van der Waals surface area (Å²) in [6.07, 6.45) is 9.39. The molecule has 2 aliphatic rings. The molecule has 1 aliphatic carbocycles. The summed E-state index contributed by atoms with van der Waals surface area (Å²) in [6.45, 7) is 0. The van der Waals surface area contributed by atoms with Crippen LogP contribution in [0.15, 0.2) is 64.1 Å². The highest BCUT2D eigenvalue weighted by Crippen LogP contribution is 2.19. The van der Waals surface area contributed by atoms with Gasteiger partial charge in [0.25, 0.3) is 0 Å². The summed E-state index contributed by atoms with van der Waals surface area (Å²) in [5.74, 6) is 0.650. The number of hydrogen-bond acceptors (Lipinski definition) is 4. The summed E-state index contributed by atoms with van der Waals surface area (Å²) in [5, 5.41) is 18.5. The van der Waals surface area contributed by atoms with E-state index in [4.69, 9.17) is 0 Å². The number of phenols is 1. The third-order valence-corrected chi connectivity index (χ3v) is 3.04. The first-order valence-corrected chi connectivity index (χ1v) is 6.19. The van der Waals surface area contributed by atoms with Crippen LogP contribution in [0.2, 0.25) is 0 Å². The minimum atomic E-state index is -0.0773. The van der Waals surface area contributed by atoms with Crippen LogP contribution in [0.25, 0.3) is 6.08 Å². The van der Waals surface area contributed by atoms with E-state index in [1.165, 1.54) is 0 Å². The van der Waals surface area contributed by atoms with Gasteiger partial charge < -0.3 is 5.11 Å².